The van der Waals surface area contributed by atoms with Crippen molar-refractivity contribution in [1.29, 1.82) is 0 Å². The Morgan fingerprint density at radius 1 is 1.31 bits per heavy atom. The minimum Gasteiger partial charge on any atom is -0.497 e. The van der Waals surface area contributed by atoms with Crippen LogP contribution in [-0.2, 0) is 9.53 Å². The molecule has 8 nitrogen and oxygen atoms in total. The van der Waals surface area contributed by atoms with E-state index in [-0.39, 0.29) is 12.2 Å². The monoisotopic (exact) mass is 375 g/mol. The van der Waals surface area contributed by atoms with Gasteiger partial charge in [0.25, 0.3) is 5.91 Å². The maximum atomic E-state index is 12.2. The molecule has 0 bridgehead atoms. The van der Waals surface area contributed by atoms with Gasteiger partial charge in [-0.15, -0.1) is 11.3 Å². The average molecular weight is 375 g/mol. The number of methoxy groups -OCH3 is 1. The van der Waals surface area contributed by atoms with Crippen molar-refractivity contribution in [3.63, 3.8) is 0 Å². The molecule has 1 fully saturated rings. The molecule has 0 spiro atoms. The predicted molar refractivity (Wildman–Crippen MR) is 94.1 cm³/mol. The van der Waals surface area contributed by atoms with E-state index in [1.54, 1.807) is 24.6 Å². The molecule has 0 saturated carbocycles. The normalized spacial score (nSPS) is 14.7. The molecular weight excluding hydrogens is 358 g/mol. The Balaban J connectivity index is 1.65. The zero-order valence-electron chi connectivity index (χ0n) is 14.2. The van der Waals surface area contributed by atoms with Gasteiger partial charge in [0.1, 0.15) is 10.8 Å². The van der Waals surface area contributed by atoms with Gasteiger partial charge in [0.05, 0.1) is 7.11 Å². The number of nitrogens with one attached hydrogen (secondary N) is 1. The molecule has 1 atom stereocenters. The van der Waals surface area contributed by atoms with Crippen LogP contribution < -0.4 is 10.1 Å². The third-order valence-corrected chi connectivity index (χ3v) is 4.70. The molecule has 3 amide bonds. The van der Waals surface area contributed by atoms with Crippen molar-refractivity contribution in [2.45, 2.75) is 13.0 Å². The van der Waals surface area contributed by atoms with Crippen molar-refractivity contribution in [2.75, 3.05) is 20.2 Å². The van der Waals surface area contributed by atoms with Crippen LogP contribution in [0.4, 0.5) is 4.79 Å². The van der Waals surface area contributed by atoms with Crippen molar-refractivity contribution in [2.24, 2.45) is 0 Å². The van der Waals surface area contributed by atoms with Gasteiger partial charge in [-0.3, -0.25) is 9.69 Å². The number of urea groups is 1. The van der Waals surface area contributed by atoms with Crippen LogP contribution >= 0.6 is 11.3 Å². The van der Waals surface area contributed by atoms with Crippen molar-refractivity contribution >= 4 is 29.2 Å². The molecule has 2 heterocycles. The molecule has 0 radical (unpaired) electrons. The largest absolute Gasteiger partial charge is 0.497 e. The van der Waals surface area contributed by atoms with E-state index in [9.17, 15) is 14.4 Å². The molecule has 1 aromatic heterocycles. The van der Waals surface area contributed by atoms with E-state index in [1.807, 2.05) is 12.1 Å². The number of carbonyl (C=O) groups is 3. The van der Waals surface area contributed by atoms with Crippen molar-refractivity contribution in [3.05, 3.63) is 35.3 Å². The first kappa shape index (κ1) is 17.9. The van der Waals surface area contributed by atoms with Gasteiger partial charge < -0.3 is 14.8 Å². The van der Waals surface area contributed by atoms with E-state index in [4.69, 9.17) is 9.47 Å². The third-order valence-electron chi connectivity index (χ3n) is 3.80. The van der Waals surface area contributed by atoms with E-state index in [1.165, 1.54) is 18.3 Å². The first-order valence-corrected chi connectivity index (χ1v) is 8.77. The van der Waals surface area contributed by atoms with Gasteiger partial charge in [-0.2, -0.15) is 0 Å². The van der Waals surface area contributed by atoms with Crippen LogP contribution in [0.1, 0.15) is 17.4 Å². The number of thiazole rings is 1. The number of esters is 1. The van der Waals surface area contributed by atoms with Crippen LogP contribution in [-0.4, -0.2) is 54.1 Å². The average Bonchev–Trinajstić information content (AvgIpc) is 3.30. The van der Waals surface area contributed by atoms with Gasteiger partial charge in [0.2, 0.25) is 0 Å². The van der Waals surface area contributed by atoms with Crippen LogP contribution in [0.5, 0.6) is 5.75 Å². The molecule has 0 aliphatic carbocycles. The van der Waals surface area contributed by atoms with E-state index >= 15 is 0 Å². The third kappa shape index (κ3) is 3.67. The highest BCUT2D eigenvalue weighted by Crippen LogP contribution is 2.26. The summed E-state index contributed by atoms with van der Waals surface area (Å²) in [6, 6.07) is 6.80. The Hall–Kier alpha value is -2.94. The highest BCUT2D eigenvalue weighted by atomic mass is 32.1. The summed E-state index contributed by atoms with van der Waals surface area (Å²) in [6.07, 6.45) is -1.07. The number of ether oxygens (including phenoxy) is 2. The lowest BCUT2D eigenvalue weighted by Gasteiger charge is -2.17. The number of rotatable bonds is 5. The number of amides is 3. The van der Waals surface area contributed by atoms with Crippen LogP contribution in [0.2, 0.25) is 0 Å². The van der Waals surface area contributed by atoms with E-state index in [0.717, 1.165) is 16.2 Å². The number of imide groups is 1. The van der Waals surface area contributed by atoms with Gasteiger partial charge in [0.15, 0.2) is 11.8 Å². The predicted octanol–water partition coefficient (Wildman–Crippen LogP) is 1.92. The lowest BCUT2D eigenvalue weighted by Crippen LogP contribution is -2.41. The molecule has 3 rings (SSSR count). The molecule has 1 aliphatic rings. The summed E-state index contributed by atoms with van der Waals surface area (Å²) in [6.45, 7) is 2.09. The molecule has 2 aromatic rings. The number of hydrogen-bond acceptors (Lipinski definition) is 7. The highest BCUT2D eigenvalue weighted by molar-refractivity contribution is 7.13. The molecule has 1 aromatic carbocycles. The Bertz CT molecular complexity index is 833. The lowest BCUT2D eigenvalue weighted by atomic mass is 10.2. The Kier molecular flexibility index (Phi) is 5.17. The summed E-state index contributed by atoms with van der Waals surface area (Å²) in [7, 11) is 1.58. The first-order chi connectivity index (χ1) is 12.5. The van der Waals surface area contributed by atoms with Gasteiger partial charge in [-0.05, 0) is 31.2 Å². The maximum Gasteiger partial charge on any atom is 0.358 e. The van der Waals surface area contributed by atoms with E-state index in [2.05, 4.69) is 10.3 Å². The molecule has 1 N–H and O–H groups in total. The second-order valence-corrected chi connectivity index (χ2v) is 6.39. The summed E-state index contributed by atoms with van der Waals surface area (Å²) in [5.41, 5.74) is 0.957. The van der Waals surface area contributed by atoms with Crippen LogP contribution in [0.15, 0.2) is 29.6 Å². The number of nitrogens with zero attached hydrogens (tertiary/aromatic N) is 2. The maximum absolute atomic E-state index is 12.2. The fraction of sp³-hybridized carbons (Fsp3) is 0.294. The van der Waals surface area contributed by atoms with Crippen molar-refractivity contribution in [3.8, 4) is 16.3 Å². The standard InChI is InChI=1S/C17H17N3O5S/c1-10(15(21)20-8-7-18-17(20)23)25-16(22)13-9-26-14(19-13)11-3-5-12(24-2)6-4-11/h3-6,9-10H,7-8H2,1-2H3,(H,18,23). The molecule has 1 aliphatic heterocycles. The summed E-state index contributed by atoms with van der Waals surface area (Å²) in [5, 5.41) is 4.75. The summed E-state index contributed by atoms with van der Waals surface area (Å²) < 4.78 is 10.3. The van der Waals surface area contributed by atoms with Gasteiger partial charge in [-0.1, -0.05) is 0 Å². The van der Waals surface area contributed by atoms with E-state index in [0.29, 0.717) is 11.6 Å². The van der Waals surface area contributed by atoms with Crippen LogP contribution in [0, 0.1) is 0 Å². The van der Waals surface area contributed by atoms with Crippen molar-refractivity contribution in [1.82, 2.24) is 15.2 Å². The topological polar surface area (TPSA) is 97.8 Å². The zero-order chi connectivity index (χ0) is 18.7. The fourth-order valence-electron chi connectivity index (χ4n) is 2.41. The molecular formula is C17H17N3O5S. The fourth-order valence-corrected chi connectivity index (χ4v) is 3.20. The van der Waals surface area contributed by atoms with Crippen LogP contribution in [0.25, 0.3) is 10.6 Å². The summed E-state index contributed by atoms with van der Waals surface area (Å²) in [5.74, 6) is -0.538. The molecule has 1 saturated heterocycles. The molecule has 1 unspecified atom stereocenters. The summed E-state index contributed by atoms with van der Waals surface area (Å²) in [4.78, 5) is 41.2. The quantitative estimate of drug-likeness (QED) is 0.802. The molecule has 136 valence electrons. The number of benzene rings is 1. The number of hydrogen-bond donors (Lipinski definition) is 1. The number of carbonyl (C=O) groups excluding carboxylic acids is 3. The zero-order valence-corrected chi connectivity index (χ0v) is 15.0. The molecule has 9 heteroatoms. The second-order valence-electron chi connectivity index (χ2n) is 5.54. The summed E-state index contributed by atoms with van der Waals surface area (Å²) >= 11 is 1.29. The van der Waals surface area contributed by atoms with Gasteiger partial charge >= 0.3 is 12.0 Å². The lowest BCUT2D eigenvalue weighted by molar-refractivity contribution is -0.136. The first-order valence-electron chi connectivity index (χ1n) is 7.89. The Labute approximate surface area is 153 Å². The number of aromatic nitrogens is 1. The minimum absolute atomic E-state index is 0.117. The SMILES string of the molecule is COc1ccc(-c2nc(C(=O)OC(C)C(=O)N3CCNC3=O)cs2)cc1. The van der Waals surface area contributed by atoms with Crippen molar-refractivity contribution < 1.29 is 23.9 Å². The smallest absolute Gasteiger partial charge is 0.358 e. The molecule has 26 heavy (non-hydrogen) atoms. The van der Waals surface area contributed by atoms with Gasteiger partial charge in [0, 0.05) is 24.0 Å². The Morgan fingerprint density at radius 2 is 2.04 bits per heavy atom. The second kappa shape index (κ2) is 7.52. The minimum atomic E-state index is -1.07. The van der Waals surface area contributed by atoms with E-state index < -0.39 is 24.0 Å². The highest BCUT2D eigenvalue weighted by Gasteiger charge is 2.32. The van der Waals surface area contributed by atoms with Crippen LogP contribution in [0.3, 0.4) is 0 Å². The van der Waals surface area contributed by atoms with Gasteiger partial charge in [-0.25, -0.2) is 14.6 Å². The Morgan fingerprint density at radius 3 is 2.65 bits per heavy atom.